The molecule has 0 radical (unpaired) electrons. The van der Waals surface area contributed by atoms with Gasteiger partial charge in [0.2, 0.25) is 5.91 Å². The zero-order valence-corrected chi connectivity index (χ0v) is 20.2. The van der Waals surface area contributed by atoms with E-state index >= 15 is 0 Å². The normalized spacial score (nSPS) is 20.3. The van der Waals surface area contributed by atoms with Crippen LogP contribution in [0.15, 0.2) is 36.7 Å². The Kier molecular flexibility index (Phi) is 7.25. The molecular weight excluding hydrogens is 428 g/mol. The van der Waals surface area contributed by atoms with Crippen LogP contribution in [0.4, 0.5) is 5.82 Å². The fourth-order valence-electron chi connectivity index (χ4n) is 5.06. The number of nitrogens with zero attached hydrogens (tertiary/aromatic N) is 6. The van der Waals surface area contributed by atoms with Gasteiger partial charge in [-0.25, -0.2) is 4.98 Å². The molecule has 34 heavy (non-hydrogen) atoms. The molecule has 1 aliphatic carbocycles. The smallest absolute Gasteiger partial charge is 0.236 e. The maximum Gasteiger partial charge on any atom is 0.236 e. The number of amides is 1. The summed E-state index contributed by atoms with van der Waals surface area (Å²) in [6, 6.07) is 8.73. The first-order valence-electron chi connectivity index (χ1n) is 12.7. The number of hydrogen-bond donors (Lipinski definition) is 0. The molecule has 2 aliphatic heterocycles. The Bertz CT molecular complexity index is 948. The zero-order chi connectivity index (χ0) is 23.3. The van der Waals surface area contributed by atoms with Gasteiger partial charge >= 0.3 is 0 Å². The first-order valence-corrected chi connectivity index (χ1v) is 12.7. The van der Waals surface area contributed by atoms with Crippen molar-refractivity contribution in [2.45, 2.75) is 32.2 Å². The summed E-state index contributed by atoms with van der Waals surface area (Å²) in [6.45, 7) is 10.4. The van der Waals surface area contributed by atoms with E-state index in [1.165, 1.54) is 19.3 Å². The lowest BCUT2D eigenvalue weighted by atomic mass is 9.91. The van der Waals surface area contributed by atoms with E-state index in [4.69, 9.17) is 4.74 Å². The standard InChI is InChI=1S/C26H36N6O2/c1-2-34-23-8-3-5-21(17-23)24-18-28-25(19-27-24)31-11-9-29(10-12-31)20-26(33)32-15-13-30(14-16-32)22-6-4-7-22/h3,5,8,17-19,22H,2,4,6-7,9-16,20H2,1H3. The molecule has 3 heterocycles. The Labute approximate surface area is 202 Å². The highest BCUT2D eigenvalue weighted by Gasteiger charge is 2.30. The van der Waals surface area contributed by atoms with Crippen LogP contribution >= 0.6 is 0 Å². The van der Waals surface area contributed by atoms with E-state index in [1.807, 2.05) is 43.6 Å². The summed E-state index contributed by atoms with van der Waals surface area (Å²) in [5.74, 6) is 2.01. The molecule has 2 saturated heterocycles. The summed E-state index contributed by atoms with van der Waals surface area (Å²) in [7, 11) is 0. The molecule has 0 bridgehead atoms. The lowest BCUT2D eigenvalue weighted by Gasteiger charge is -2.43. The summed E-state index contributed by atoms with van der Waals surface area (Å²) < 4.78 is 5.59. The molecule has 8 heteroatoms. The Morgan fingerprint density at radius 1 is 1.00 bits per heavy atom. The van der Waals surface area contributed by atoms with Crippen LogP contribution in [-0.4, -0.2) is 102 Å². The van der Waals surface area contributed by atoms with Crippen molar-refractivity contribution in [3.63, 3.8) is 0 Å². The highest BCUT2D eigenvalue weighted by Crippen LogP contribution is 2.26. The van der Waals surface area contributed by atoms with Crippen LogP contribution in [0.5, 0.6) is 5.75 Å². The SMILES string of the molecule is CCOc1cccc(-c2cnc(N3CCN(CC(=O)N4CCN(C5CCC5)CC4)CC3)cn2)c1. The molecule has 0 unspecified atom stereocenters. The van der Waals surface area contributed by atoms with Crippen LogP contribution in [0.25, 0.3) is 11.3 Å². The predicted molar refractivity (Wildman–Crippen MR) is 133 cm³/mol. The number of carbonyl (C=O) groups excluding carboxylic acids is 1. The third kappa shape index (κ3) is 5.33. The van der Waals surface area contributed by atoms with E-state index in [9.17, 15) is 4.79 Å². The summed E-state index contributed by atoms with van der Waals surface area (Å²) in [4.78, 5) is 31.3. The van der Waals surface area contributed by atoms with Crippen LogP contribution < -0.4 is 9.64 Å². The van der Waals surface area contributed by atoms with E-state index in [0.29, 0.717) is 13.2 Å². The molecule has 3 fully saturated rings. The number of aromatic nitrogens is 2. The Balaban J connectivity index is 1.08. The number of piperazine rings is 2. The van der Waals surface area contributed by atoms with Crippen molar-refractivity contribution in [2.75, 3.05) is 70.4 Å². The van der Waals surface area contributed by atoms with Crippen LogP contribution in [0, 0.1) is 0 Å². The van der Waals surface area contributed by atoms with Crippen molar-refractivity contribution < 1.29 is 9.53 Å². The van der Waals surface area contributed by atoms with Crippen LogP contribution in [0.2, 0.25) is 0 Å². The van der Waals surface area contributed by atoms with Crippen LogP contribution in [-0.2, 0) is 4.79 Å². The summed E-state index contributed by atoms with van der Waals surface area (Å²) in [5.41, 5.74) is 1.84. The predicted octanol–water partition coefficient (Wildman–Crippen LogP) is 2.36. The molecule has 3 aliphatic rings. The van der Waals surface area contributed by atoms with Crippen molar-refractivity contribution in [1.82, 2.24) is 24.7 Å². The fourth-order valence-corrected chi connectivity index (χ4v) is 5.06. The Hall–Kier alpha value is -2.71. The Morgan fingerprint density at radius 2 is 1.79 bits per heavy atom. The van der Waals surface area contributed by atoms with Gasteiger partial charge in [0.15, 0.2) is 0 Å². The average Bonchev–Trinajstić information content (AvgIpc) is 2.84. The van der Waals surface area contributed by atoms with Crippen molar-refractivity contribution in [3.8, 4) is 17.0 Å². The summed E-state index contributed by atoms with van der Waals surface area (Å²) in [6.07, 6.45) is 7.73. The van der Waals surface area contributed by atoms with Gasteiger partial charge in [-0.2, -0.15) is 0 Å². The monoisotopic (exact) mass is 464 g/mol. The number of rotatable bonds is 7. The largest absolute Gasteiger partial charge is 0.494 e. The van der Waals surface area contributed by atoms with Gasteiger partial charge in [0.1, 0.15) is 11.6 Å². The van der Waals surface area contributed by atoms with Gasteiger partial charge in [-0.1, -0.05) is 18.6 Å². The zero-order valence-electron chi connectivity index (χ0n) is 20.2. The van der Waals surface area contributed by atoms with Gasteiger partial charge in [-0.05, 0) is 31.9 Å². The van der Waals surface area contributed by atoms with E-state index in [2.05, 4.69) is 29.6 Å². The molecule has 2 aromatic rings. The molecule has 0 N–H and O–H groups in total. The Morgan fingerprint density at radius 3 is 2.44 bits per heavy atom. The fraction of sp³-hybridized carbons (Fsp3) is 0.577. The van der Waals surface area contributed by atoms with Gasteiger partial charge in [0, 0.05) is 64.0 Å². The third-order valence-electron chi connectivity index (χ3n) is 7.39. The molecule has 8 nitrogen and oxygen atoms in total. The third-order valence-corrected chi connectivity index (χ3v) is 7.39. The van der Waals surface area contributed by atoms with Gasteiger partial charge < -0.3 is 14.5 Å². The first kappa shape index (κ1) is 23.1. The molecule has 0 spiro atoms. The quantitative estimate of drug-likeness (QED) is 0.623. The second kappa shape index (κ2) is 10.7. The van der Waals surface area contributed by atoms with Crippen molar-refractivity contribution in [2.24, 2.45) is 0 Å². The average molecular weight is 465 g/mol. The molecule has 1 saturated carbocycles. The van der Waals surface area contributed by atoms with Gasteiger partial charge in [0.25, 0.3) is 0 Å². The molecule has 1 aromatic carbocycles. The number of carbonyl (C=O) groups is 1. The number of hydrogen-bond acceptors (Lipinski definition) is 7. The van der Waals surface area contributed by atoms with E-state index in [1.54, 1.807) is 0 Å². The summed E-state index contributed by atoms with van der Waals surface area (Å²) >= 11 is 0. The van der Waals surface area contributed by atoms with Gasteiger partial charge in [0.05, 0.1) is 31.2 Å². The molecule has 1 amide bonds. The minimum absolute atomic E-state index is 0.278. The minimum Gasteiger partial charge on any atom is -0.494 e. The molecule has 182 valence electrons. The second-order valence-electron chi connectivity index (χ2n) is 9.49. The van der Waals surface area contributed by atoms with Crippen LogP contribution in [0.1, 0.15) is 26.2 Å². The highest BCUT2D eigenvalue weighted by molar-refractivity contribution is 5.78. The van der Waals surface area contributed by atoms with E-state index < -0.39 is 0 Å². The minimum atomic E-state index is 0.278. The number of benzene rings is 1. The van der Waals surface area contributed by atoms with Crippen molar-refractivity contribution in [1.29, 1.82) is 0 Å². The lowest BCUT2D eigenvalue weighted by molar-refractivity contribution is -0.134. The van der Waals surface area contributed by atoms with E-state index in [-0.39, 0.29) is 5.91 Å². The molecule has 5 rings (SSSR count). The maximum atomic E-state index is 12.8. The molecule has 0 atom stereocenters. The van der Waals surface area contributed by atoms with Gasteiger partial charge in [-0.15, -0.1) is 0 Å². The number of anilines is 1. The van der Waals surface area contributed by atoms with Crippen molar-refractivity contribution >= 4 is 11.7 Å². The molecular formula is C26H36N6O2. The maximum absolute atomic E-state index is 12.8. The van der Waals surface area contributed by atoms with Crippen molar-refractivity contribution in [3.05, 3.63) is 36.7 Å². The van der Waals surface area contributed by atoms with Crippen LogP contribution in [0.3, 0.4) is 0 Å². The van der Waals surface area contributed by atoms with E-state index in [0.717, 1.165) is 81.2 Å². The number of ether oxygens (including phenoxy) is 1. The lowest BCUT2D eigenvalue weighted by Crippen LogP contribution is -2.56. The molecule has 1 aromatic heterocycles. The highest BCUT2D eigenvalue weighted by atomic mass is 16.5. The second-order valence-corrected chi connectivity index (χ2v) is 9.49. The first-order chi connectivity index (χ1) is 16.7. The topological polar surface area (TPSA) is 65.0 Å². The van der Waals surface area contributed by atoms with Gasteiger partial charge in [-0.3, -0.25) is 19.6 Å². The summed E-state index contributed by atoms with van der Waals surface area (Å²) in [5, 5.41) is 0.